The normalized spacial score (nSPS) is 10.8. The first-order valence-electron chi connectivity index (χ1n) is 9.75. The zero-order chi connectivity index (χ0) is 20.3. The molecule has 0 saturated heterocycles. The first-order valence-corrected chi connectivity index (χ1v) is 9.75. The maximum Gasteiger partial charge on any atom is 0.125 e. The van der Waals surface area contributed by atoms with Gasteiger partial charge in [-0.25, -0.2) is 0 Å². The highest BCUT2D eigenvalue weighted by Crippen LogP contribution is 2.27. The summed E-state index contributed by atoms with van der Waals surface area (Å²) in [4.78, 5) is 0. The van der Waals surface area contributed by atoms with Crippen molar-refractivity contribution in [2.45, 2.75) is 54.8 Å². The largest absolute Gasteiger partial charge is 0.488 e. The minimum absolute atomic E-state index is 0.501. The highest BCUT2D eigenvalue weighted by molar-refractivity contribution is 5.44. The summed E-state index contributed by atoms with van der Waals surface area (Å²) >= 11 is 0. The number of ether oxygens (including phenoxy) is 2. The Balaban J connectivity index is 1.68. The molecule has 1 radical (unpaired) electrons. The van der Waals surface area contributed by atoms with Crippen LogP contribution in [0.15, 0.2) is 42.5 Å². The van der Waals surface area contributed by atoms with Gasteiger partial charge in [0.1, 0.15) is 24.7 Å². The predicted octanol–water partition coefficient (Wildman–Crippen LogP) is 6.50. The first-order chi connectivity index (χ1) is 13.3. The van der Waals surface area contributed by atoms with Crippen LogP contribution in [0.2, 0.25) is 0 Å². The number of hydrogen-bond acceptors (Lipinski definition) is 2. The quantitative estimate of drug-likeness (QED) is 0.491. The standard InChI is InChI=1S/C26H29O2/c1-17-10-19(3)25(20(4)11-17)27-15-23-8-7-9-24(14-23)16-28-26-21(5)12-18(2)13-22(26)6/h7-13H,15-16H2,1-6H3. The van der Waals surface area contributed by atoms with E-state index in [0.29, 0.717) is 13.2 Å². The molecule has 0 saturated carbocycles. The summed E-state index contributed by atoms with van der Waals surface area (Å²) in [6.07, 6.45) is 0. The Morgan fingerprint density at radius 1 is 0.607 bits per heavy atom. The number of benzene rings is 3. The van der Waals surface area contributed by atoms with E-state index in [9.17, 15) is 0 Å². The second-order valence-corrected chi connectivity index (χ2v) is 7.73. The van der Waals surface area contributed by atoms with Crippen molar-refractivity contribution in [2.75, 3.05) is 0 Å². The molecule has 3 rings (SSSR count). The van der Waals surface area contributed by atoms with E-state index in [0.717, 1.165) is 22.6 Å². The average molecular weight is 374 g/mol. The number of aryl methyl sites for hydroxylation is 6. The molecule has 28 heavy (non-hydrogen) atoms. The summed E-state index contributed by atoms with van der Waals surface area (Å²) in [5, 5.41) is 0. The van der Waals surface area contributed by atoms with E-state index in [1.165, 1.54) is 33.4 Å². The minimum atomic E-state index is 0.501. The monoisotopic (exact) mass is 373 g/mol. The van der Waals surface area contributed by atoms with Crippen LogP contribution in [0.1, 0.15) is 44.5 Å². The lowest BCUT2D eigenvalue weighted by Gasteiger charge is -2.15. The lowest BCUT2D eigenvalue weighted by Crippen LogP contribution is -2.03. The molecule has 0 aromatic heterocycles. The van der Waals surface area contributed by atoms with Gasteiger partial charge in [0.2, 0.25) is 0 Å². The molecule has 2 heteroatoms. The molecule has 0 heterocycles. The highest BCUT2D eigenvalue weighted by atomic mass is 16.5. The second-order valence-electron chi connectivity index (χ2n) is 7.73. The molecule has 0 N–H and O–H groups in total. The van der Waals surface area contributed by atoms with Crippen LogP contribution in [0.3, 0.4) is 0 Å². The van der Waals surface area contributed by atoms with Crippen molar-refractivity contribution in [1.29, 1.82) is 0 Å². The maximum atomic E-state index is 6.11. The summed E-state index contributed by atoms with van der Waals surface area (Å²) in [5.74, 6) is 1.93. The number of rotatable bonds is 6. The van der Waals surface area contributed by atoms with E-state index < -0.39 is 0 Å². The summed E-state index contributed by atoms with van der Waals surface area (Å²) in [6, 6.07) is 18.2. The third kappa shape index (κ3) is 4.75. The molecule has 145 valence electrons. The molecule has 0 fully saturated rings. The lowest BCUT2D eigenvalue weighted by molar-refractivity contribution is 0.295. The van der Waals surface area contributed by atoms with Crippen LogP contribution in [0, 0.1) is 47.6 Å². The minimum Gasteiger partial charge on any atom is -0.488 e. The van der Waals surface area contributed by atoms with Crippen molar-refractivity contribution >= 4 is 0 Å². The Bertz CT molecular complexity index is 863. The van der Waals surface area contributed by atoms with Gasteiger partial charge in [0.25, 0.3) is 0 Å². The fourth-order valence-electron chi connectivity index (χ4n) is 3.83. The van der Waals surface area contributed by atoms with Gasteiger partial charge in [0, 0.05) is 0 Å². The van der Waals surface area contributed by atoms with Gasteiger partial charge in [-0.05, 0) is 81.0 Å². The van der Waals surface area contributed by atoms with E-state index in [2.05, 4.69) is 71.9 Å². The van der Waals surface area contributed by atoms with Crippen LogP contribution in [0.4, 0.5) is 0 Å². The van der Waals surface area contributed by atoms with Gasteiger partial charge < -0.3 is 9.47 Å². The van der Waals surface area contributed by atoms with Crippen LogP contribution < -0.4 is 9.47 Å². The van der Waals surface area contributed by atoms with Crippen molar-refractivity contribution in [1.82, 2.24) is 0 Å². The molecule has 0 aliphatic heterocycles. The van der Waals surface area contributed by atoms with Crippen LogP contribution in [-0.2, 0) is 13.2 Å². The van der Waals surface area contributed by atoms with E-state index in [4.69, 9.17) is 9.47 Å². The van der Waals surface area contributed by atoms with E-state index in [1.807, 2.05) is 18.2 Å². The van der Waals surface area contributed by atoms with Gasteiger partial charge in [-0.2, -0.15) is 0 Å². The molecule has 2 nitrogen and oxygen atoms in total. The summed E-state index contributed by atoms with van der Waals surface area (Å²) in [6.45, 7) is 13.6. The van der Waals surface area contributed by atoms with E-state index in [1.54, 1.807) is 0 Å². The van der Waals surface area contributed by atoms with Gasteiger partial charge >= 0.3 is 0 Å². The maximum absolute atomic E-state index is 6.11. The molecule has 0 aliphatic carbocycles. The molecular weight excluding hydrogens is 344 g/mol. The van der Waals surface area contributed by atoms with Crippen molar-refractivity contribution in [3.63, 3.8) is 0 Å². The highest BCUT2D eigenvalue weighted by Gasteiger charge is 2.08. The van der Waals surface area contributed by atoms with Gasteiger partial charge in [-0.3, -0.25) is 0 Å². The Hall–Kier alpha value is -2.74. The molecule has 0 unspecified atom stereocenters. The fraction of sp³-hybridized carbons (Fsp3) is 0.308. The SMILES string of the molecule is Cc1cc(C)c(OCc2[c]c(COc3c(C)cc(C)cc3C)ccc2)c(C)c1. The summed E-state index contributed by atoms with van der Waals surface area (Å²) < 4.78 is 12.2. The van der Waals surface area contributed by atoms with Crippen LogP contribution in [-0.4, -0.2) is 0 Å². The molecule has 0 bridgehead atoms. The molecule has 0 aliphatic rings. The zero-order valence-corrected chi connectivity index (χ0v) is 17.8. The van der Waals surface area contributed by atoms with Gasteiger partial charge in [-0.1, -0.05) is 53.6 Å². The molecule has 3 aromatic rings. The Morgan fingerprint density at radius 3 is 1.32 bits per heavy atom. The van der Waals surface area contributed by atoms with Crippen molar-refractivity contribution < 1.29 is 9.47 Å². The van der Waals surface area contributed by atoms with Crippen LogP contribution in [0.25, 0.3) is 0 Å². The third-order valence-corrected chi connectivity index (χ3v) is 4.87. The molecule has 0 spiro atoms. The van der Waals surface area contributed by atoms with Crippen molar-refractivity contribution in [3.05, 3.63) is 93.0 Å². The Labute approximate surface area is 169 Å². The summed E-state index contributed by atoms with van der Waals surface area (Å²) in [5.41, 5.74) is 9.24. The molecule has 0 atom stereocenters. The fourth-order valence-corrected chi connectivity index (χ4v) is 3.83. The van der Waals surface area contributed by atoms with E-state index >= 15 is 0 Å². The zero-order valence-electron chi connectivity index (χ0n) is 17.8. The topological polar surface area (TPSA) is 18.5 Å². The number of hydrogen-bond donors (Lipinski definition) is 0. The molecular formula is C26H29O2. The lowest BCUT2D eigenvalue weighted by atomic mass is 10.1. The first kappa shape index (κ1) is 20.0. The molecule has 3 aromatic carbocycles. The molecule has 0 amide bonds. The average Bonchev–Trinajstić information content (AvgIpc) is 2.60. The van der Waals surface area contributed by atoms with Crippen molar-refractivity contribution in [3.8, 4) is 11.5 Å². The van der Waals surface area contributed by atoms with Gasteiger partial charge in [0.15, 0.2) is 0 Å². The smallest absolute Gasteiger partial charge is 0.125 e. The van der Waals surface area contributed by atoms with Gasteiger partial charge in [0.05, 0.1) is 0 Å². The predicted molar refractivity (Wildman–Crippen MR) is 115 cm³/mol. The van der Waals surface area contributed by atoms with E-state index in [-0.39, 0.29) is 0 Å². The second kappa shape index (κ2) is 8.52. The van der Waals surface area contributed by atoms with Crippen LogP contribution in [0.5, 0.6) is 11.5 Å². The van der Waals surface area contributed by atoms with Crippen LogP contribution >= 0.6 is 0 Å². The summed E-state index contributed by atoms with van der Waals surface area (Å²) in [7, 11) is 0. The van der Waals surface area contributed by atoms with Gasteiger partial charge in [-0.15, -0.1) is 0 Å². The Morgan fingerprint density at radius 2 is 0.964 bits per heavy atom. The Kier molecular flexibility index (Phi) is 6.08. The van der Waals surface area contributed by atoms with Crippen molar-refractivity contribution in [2.24, 2.45) is 0 Å². The third-order valence-electron chi connectivity index (χ3n) is 4.87.